The Morgan fingerprint density at radius 3 is 2.64 bits per heavy atom. The van der Waals surface area contributed by atoms with E-state index in [1.807, 2.05) is 23.1 Å². The van der Waals surface area contributed by atoms with Crippen molar-refractivity contribution in [3.05, 3.63) is 53.6 Å². The van der Waals surface area contributed by atoms with E-state index in [1.165, 1.54) is 11.1 Å². The van der Waals surface area contributed by atoms with Gasteiger partial charge in [-0.25, -0.2) is 4.79 Å². The van der Waals surface area contributed by atoms with Gasteiger partial charge in [-0.2, -0.15) is 0 Å². The van der Waals surface area contributed by atoms with Crippen LogP contribution < -0.4 is 0 Å². The predicted molar refractivity (Wildman–Crippen MR) is 90.6 cm³/mol. The van der Waals surface area contributed by atoms with E-state index in [2.05, 4.69) is 37.3 Å². The maximum Gasteiger partial charge on any atom is 0.409 e. The Kier molecular flexibility index (Phi) is 6.75. The summed E-state index contributed by atoms with van der Waals surface area (Å²) < 4.78 is 5.25. The second kappa shape index (κ2) is 9.08. The van der Waals surface area contributed by atoms with Gasteiger partial charge in [-0.1, -0.05) is 67.5 Å². The number of nitrogens with zero attached hydrogens (tertiary/aromatic N) is 1. The molecule has 1 heterocycles. The Morgan fingerprint density at radius 1 is 1.23 bits per heavy atom. The molecule has 0 saturated carbocycles. The standard InChI is InChI=1S/C19H25NO2/c1-2-3-16-22-19(21)20-14-12-18(13-15-20)11-7-10-17-8-5-4-6-9-17/h4-11H,2-3,12-16H2,1H3/b10-7+. The molecule has 0 aliphatic carbocycles. The van der Waals surface area contributed by atoms with Gasteiger partial charge in [0.25, 0.3) is 0 Å². The lowest BCUT2D eigenvalue weighted by atomic mass is 10.0. The zero-order chi connectivity index (χ0) is 15.6. The van der Waals surface area contributed by atoms with Crippen LogP contribution in [-0.4, -0.2) is 30.7 Å². The van der Waals surface area contributed by atoms with Crippen molar-refractivity contribution in [3.63, 3.8) is 0 Å². The average Bonchev–Trinajstić information content (AvgIpc) is 2.56. The maximum atomic E-state index is 11.8. The summed E-state index contributed by atoms with van der Waals surface area (Å²) in [5.41, 5.74) is 2.60. The van der Waals surface area contributed by atoms with Crippen LogP contribution in [0, 0.1) is 0 Å². The van der Waals surface area contributed by atoms with Crippen LogP contribution in [0.3, 0.4) is 0 Å². The topological polar surface area (TPSA) is 29.5 Å². The molecule has 118 valence electrons. The molecule has 0 atom stereocenters. The number of carbonyl (C=O) groups excluding carboxylic acids is 1. The van der Waals surface area contributed by atoms with Gasteiger partial charge < -0.3 is 9.64 Å². The third kappa shape index (κ3) is 5.40. The Balaban J connectivity index is 1.75. The molecule has 3 heteroatoms. The molecular weight excluding hydrogens is 274 g/mol. The molecule has 0 unspecified atom stereocenters. The summed E-state index contributed by atoms with van der Waals surface area (Å²) in [4.78, 5) is 13.7. The van der Waals surface area contributed by atoms with Crippen molar-refractivity contribution >= 4 is 12.2 Å². The van der Waals surface area contributed by atoms with Gasteiger partial charge in [-0.15, -0.1) is 0 Å². The number of ether oxygens (including phenoxy) is 1. The van der Waals surface area contributed by atoms with Gasteiger partial charge in [0.1, 0.15) is 0 Å². The van der Waals surface area contributed by atoms with E-state index in [0.29, 0.717) is 6.61 Å². The first-order valence-electron chi connectivity index (χ1n) is 8.12. The van der Waals surface area contributed by atoms with Gasteiger partial charge in [0, 0.05) is 13.1 Å². The van der Waals surface area contributed by atoms with E-state index in [1.54, 1.807) is 0 Å². The van der Waals surface area contributed by atoms with E-state index in [4.69, 9.17) is 4.74 Å². The molecular formula is C19H25NO2. The Morgan fingerprint density at radius 2 is 1.95 bits per heavy atom. The summed E-state index contributed by atoms with van der Waals surface area (Å²) in [5.74, 6) is 0. The van der Waals surface area contributed by atoms with Crippen molar-refractivity contribution in [1.29, 1.82) is 0 Å². The second-order valence-electron chi connectivity index (χ2n) is 5.55. The van der Waals surface area contributed by atoms with Crippen molar-refractivity contribution in [3.8, 4) is 0 Å². The number of unbranched alkanes of at least 4 members (excludes halogenated alkanes) is 1. The fourth-order valence-electron chi connectivity index (χ4n) is 2.40. The maximum absolute atomic E-state index is 11.8. The van der Waals surface area contributed by atoms with E-state index < -0.39 is 0 Å². The highest BCUT2D eigenvalue weighted by Gasteiger charge is 2.19. The summed E-state index contributed by atoms with van der Waals surface area (Å²) in [6.45, 7) is 4.15. The van der Waals surface area contributed by atoms with Gasteiger partial charge in [-0.05, 0) is 24.8 Å². The molecule has 0 aromatic heterocycles. The molecule has 0 N–H and O–H groups in total. The highest BCUT2D eigenvalue weighted by atomic mass is 16.6. The number of hydrogen-bond acceptors (Lipinski definition) is 2. The molecule has 1 fully saturated rings. The third-order valence-electron chi connectivity index (χ3n) is 3.81. The van der Waals surface area contributed by atoms with Crippen molar-refractivity contribution in [2.75, 3.05) is 19.7 Å². The van der Waals surface area contributed by atoms with Gasteiger partial charge in [-0.3, -0.25) is 0 Å². The van der Waals surface area contributed by atoms with E-state index in [0.717, 1.165) is 38.8 Å². The lowest BCUT2D eigenvalue weighted by molar-refractivity contribution is 0.0983. The molecule has 2 rings (SSSR count). The summed E-state index contributed by atoms with van der Waals surface area (Å²) in [7, 11) is 0. The Hall–Kier alpha value is -2.03. The SMILES string of the molecule is CCCCOC(=O)N1CCC(=C/C=C/c2ccccc2)CC1. The van der Waals surface area contributed by atoms with Crippen LogP contribution in [0.2, 0.25) is 0 Å². The molecule has 1 aliphatic heterocycles. The first-order chi connectivity index (χ1) is 10.8. The van der Waals surface area contributed by atoms with E-state index in [-0.39, 0.29) is 6.09 Å². The average molecular weight is 299 g/mol. The largest absolute Gasteiger partial charge is 0.449 e. The number of hydrogen-bond donors (Lipinski definition) is 0. The van der Waals surface area contributed by atoms with Crippen LogP contribution >= 0.6 is 0 Å². The van der Waals surface area contributed by atoms with Gasteiger partial charge in [0.15, 0.2) is 0 Å². The van der Waals surface area contributed by atoms with Gasteiger partial charge >= 0.3 is 6.09 Å². The molecule has 3 nitrogen and oxygen atoms in total. The fourth-order valence-corrected chi connectivity index (χ4v) is 2.40. The quantitative estimate of drug-likeness (QED) is 0.740. The van der Waals surface area contributed by atoms with E-state index in [9.17, 15) is 4.79 Å². The number of rotatable bonds is 5. The number of amides is 1. The van der Waals surface area contributed by atoms with Crippen LogP contribution in [0.25, 0.3) is 6.08 Å². The van der Waals surface area contributed by atoms with Crippen LogP contribution in [0.5, 0.6) is 0 Å². The predicted octanol–water partition coefficient (Wildman–Crippen LogP) is 4.66. The molecule has 0 radical (unpaired) electrons. The lowest BCUT2D eigenvalue weighted by Gasteiger charge is -2.27. The Labute approximate surface area is 133 Å². The summed E-state index contributed by atoms with van der Waals surface area (Å²) in [6, 6.07) is 10.3. The van der Waals surface area contributed by atoms with Crippen molar-refractivity contribution in [1.82, 2.24) is 4.90 Å². The number of benzene rings is 1. The molecule has 1 aromatic rings. The van der Waals surface area contributed by atoms with Crippen molar-refractivity contribution < 1.29 is 9.53 Å². The highest BCUT2D eigenvalue weighted by molar-refractivity contribution is 5.67. The second-order valence-corrected chi connectivity index (χ2v) is 5.55. The number of likely N-dealkylation sites (tertiary alicyclic amines) is 1. The zero-order valence-corrected chi connectivity index (χ0v) is 13.3. The number of carbonyl (C=O) groups is 1. The number of piperidine rings is 1. The minimum absolute atomic E-state index is 0.160. The Bertz CT molecular complexity index is 509. The number of allylic oxidation sites excluding steroid dienone is 2. The van der Waals surface area contributed by atoms with Crippen molar-refractivity contribution in [2.24, 2.45) is 0 Å². The van der Waals surface area contributed by atoms with Crippen LogP contribution in [-0.2, 0) is 4.74 Å². The first kappa shape index (κ1) is 16.3. The summed E-state index contributed by atoms with van der Waals surface area (Å²) >= 11 is 0. The van der Waals surface area contributed by atoms with Crippen LogP contribution in [0.1, 0.15) is 38.2 Å². The van der Waals surface area contributed by atoms with Crippen molar-refractivity contribution in [2.45, 2.75) is 32.6 Å². The molecule has 1 saturated heterocycles. The molecule has 1 aliphatic rings. The summed E-state index contributed by atoms with van der Waals surface area (Å²) in [6.07, 6.45) is 10.1. The molecule has 0 spiro atoms. The minimum atomic E-state index is -0.160. The zero-order valence-electron chi connectivity index (χ0n) is 13.3. The molecule has 1 amide bonds. The first-order valence-corrected chi connectivity index (χ1v) is 8.12. The summed E-state index contributed by atoms with van der Waals surface area (Å²) in [5, 5.41) is 0. The third-order valence-corrected chi connectivity index (χ3v) is 3.81. The smallest absolute Gasteiger partial charge is 0.409 e. The van der Waals surface area contributed by atoms with Crippen LogP contribution in [0.4, 0.5) is 4.79 Å². The normalized spacial score (nSPS) is 15.1. The van der Waals surface area contributed by atoms with Crippen LogP contribution in [0.15, 0.2) is 48.1 Å². The lowest BCUT2D eigenvalue weighted by Crippen LogP contribution is -2.36. The molecule has 0 bridgehead atoms. The highest BCUT2D eigenvalue weighted by Crippen LogP contribution is 2.17. The minimum Gasteiger partial charge on any atom is -0.449 e. The fraction of sp³-hybridized carbons (Fsp3) is 0.421. The monoisotopic (exact) mass is 299 g/mol. The van der Waals surface area contributed by atoms with Gasteiger partial charge in [0.05, 0.1) is 6.61 Å². The van der Waals surface area contributed by atoms with Gasteiger partial charge in [0.2, 0.25) is 0 Å². The molecule has 22 heavy (non-hydrogen) atoms. The van der Waals surface area contributed by atoms with E-state index >= 15 is 0 Å². The molecule has 1 aromatic carbocycles.